The molecule has 1 heterocycles. The van der Waals surface area contributed by atoms with Crippen LogP contribution in [0.2, 0.25) is 5.02 Å². The number of hydrogen-bond acceptors (Lipinski definition) is 4. The molecule has 0 saturated heterocycles. The number of halogens is 1. The molecule has 1 saturated carbocycles. The molecule has 2 N–H and O–H groups in total. The molecule has 2 aromatic rings. The Morgan fingerprint density at radius 2 is 2.14 bits per heavy atom. The van der Waals surface area contributed by atoms with E-state index in [9.17, 15) is 9.90 Å². The molecule has 0 spiro atoms. The van der Waals surface area contributed by atoms with Gasteiger partial charge in [-0.3, -0.25) is 9.78 Å². The predicted molar refractivity (Wildman–Crippen MR) is 116 cm³/mol. The SMILES string of the molecule is CN(C)[C@H](CNC(=O)C[C@H](CC1CC1)c1cccnc1)Cc1ccc(O)c(Cl)c1. The number of phenolic OH excluding ortho intramolecular Hbond substituents is 1. The van der Waals surface area contributed by atoms with Crippen molar-refractivity contribution in [2.45, 2.75) is 44.1 Å². The van der Waals surface area contributed by atoms with Crippen LogP contribution in [0.15, 0.2) is 42.7 Å². The summed E-state index contributed by atoms with van der Waals surface area (Å²) < 4.78 is 0. The number of aromatic hydroxyl groups is 1. The maximum absolute atomic E-state index is 12.7. The molecule has 1 aliphatic rings. The van der Waals surface area contributed by atoms with Gasteiger partial charge in [0.15, 0.2) is 0 Å². The summed E-state index contributed by atoms with van der Waals surface area (Å²) in [7, 11) is 4.01. The number of phenols is 1. The smallest absolute Gasteiger partial charge is 0.220 e. The first-order chi connectivity index (χ1) is 13.9. The van der Waals surface area contributed by atoms with Crippen molar-refractivity contribution >= 4 is 17.5 Å². The van der Waals surface area contributed by atoms with E-state index in [4.69, 9.17) is 11.6 Å². The highest BCUT2D eigenvalue weighted by atomic mass is 35.5. The molecule has 29 heavy (non-hydrogen) atoms. The Labute approximate surface area is 178 Å². The summed E-state index contributed by atoms with van der Waals surface area (Å²) in [5, 5.41) is 13.1. The summed E-state index contributed by atoms with van der Waals surface area (Å²) in [6.45, 7) is 0.563. The van der Waals surface area contributed by atoms with Gasteiger partial charge in [-0.15, -0.1) is 0 Å². The number of carbonyl (C=O) groups excluding carboxylic acids is 1. The van der Waals surface area contributed by atoms with Crippen molar-refractivity contribution in [2.24, 2.45) is 5.92 Å². The highest BCUT2D eigenvalue weighted by Gasteiger charge is 2.28. The van der Waals surface area contributed by atoms with E-state index < -0.39 is 0 Å². The van der Waals surface area contributed by atoms with Gasteiger partial charge in [-0.2, -0.15) is 0 Å². The van der Waals surface area contributed by atoms with Crippen LogP contribution in [0.1, 0.15) is 42.7 Å². The molecule has 1 aromatic heterocycles. The number of hydrogen-bond donors (Lipinski definition) is 2. The summed E-state index contributed by atoms with van der Waals surface area (Å²) >= 11 is 6.03. The van der Waals surface area contributed by atoms with Crippen LogP contribution in [0.3, 0.4) is 0 Å². The number of benzene rings is 1. The predicted octanol–water partition coefficient (Wildman–Crippen LogP) is 4.00. The molecule has 0 radical (unpaired) electrons. The first-order valence-corrected chi connectivity index (χ1v) is 10.6. The maximum Gasteiger partial charge on any atom is 0.220 e. The standard InChI is InChI=1S/C23H30ClN3O2/c1-27(2)20(11-17-7-8-22(28)21(24)12-17)15-26-23(29)13-19(10-16-5-6-16)18-4-3-9-25-14-18/h3-4,7-9,12,14,16,19-20,28H,5-6,10-11,13,15H2,1-2H3,(H,26,29)/t19-,20-/m0/s1. The molecule has 0 bridgehead atoms. The lowest BCUT2D eigenvalue weighted by atomic mass is 9.91. The molecule has 2 atom stereocenters. The van der Waals surface area contributed by atoms with Crippen LogP contribution in [-0.2, 0) is 11.2 Å². The van der Waals surface area contributed by atoms with Crippen LogP contribution >= 0.6 is 11.6 Å². The Bertz CT molecular complexity index is 809. The molecule has 6 heteroatoms. The Morgan fingerprint density at radius 1 is 1.34 bits per heavy atom. The van der Waals surface area contributed by atoms with Crippen LogP contribution in [0, 0.1) is 5.92 Å². The van der Waals surface area contributed by atoms with E-state index in [1.54, 1.807) is 18.3 Å². The number of aromatic nitrogens is 1. The van der Waals surface area contributed by atoms with Crippen molar-refractivity contribution < 1.29 is 9.90 Å². The summed E-state index contributed by atoms with van der Waals surface area (Å²) in [4.78, 5) is 19.0. The molecule has 1 fully saturated rings. The molecule has 1 amide bonds. The maximum atomic E-state index is 12.7. The quantitative estimate of drug-likeness (QED) is 0.615. The lowest BCUT2D eigenvalue weighted by Gasteiger charge is -2.25. The van der Waals surface area contributed by atoms with Crippen molar-refractivity contribution in [3.8, 4) is 5.75 Å². The topological polar surface area (TPSA) is 65.5 Å². The number of nitrogens with one attached hydrogen (secondary N) is 1. The highest BCUT2D eigenvalue weighted by Crippen LogP contribution is 2.39. The third-order valence-corrected chi connectivity index (χ3v) is 5.95. The Balaban J connectivity index is 1.56. The van der Waals surface area contributed by atoms with Gasteiger partial charge in [0.25, 0.3) is 0 Å². The minimum Gasteiger partial charge on any atom is -0.506 e. The number of likely N-dealkylation sites (N-methyl/N-ethyl adjacent to an activating group) is 1. The van der Waals surface area contributed by atoms with Crippen LogP contribution < -0.4 is 5.32 Å². The van der Waals surface area contributed by atoms with Crippen LogP contribution in [0.4, 0.5) is 0 Å². The normalized spacial score (nSPS) is 15.9. The van der Waals surface area contributed by atoms with E-state index in [0.717, 1.165) is 29.9 Å². The molecule has 1 aromatic carbocycles. The van der Waals surface area contributed by atoms with Gasteiger partial charge < -0.3 is 15.3 Å². The zero-order valence-corrected chi connectivity index (χ0v) is 17.9. The fraction of sp³-hybridized carbons (Fsp3) is 0.478. The van der Waals surface area contributed by atoms with E-state index in [2.05, 4.69) is 21.3 Å². The van der Waals surface area contributed by atoms with Gasteiger partial charge in [-0.25, -0.2) is 0 Å². The second-order valence-corrected chi connectivity index (χ2v) is 8.69. The fourth-order valence-electron chi connectivity index (χ4n) is 3.63. The fourth-order valence-corrected chi connectivity index (χ4v) is 3.83. The zero-order chi connectivity index (χ0) is 20.8. The summed E-state index contributed by atoms with van der Waals surface area (Å²) in [5.41, 5.74) is 2.18. The summed E-state index contributed by atoms with van der Waals surface area (Å²) in [5.74, 6) is 1.14. The molecule has 5 nitrogen and oxygen atoms in total. The van der Waals surface area contributed by atoms with E-state index in [-0.39, 0.29) is 23.6 Å². The average Bonchev–Trinajstić information content (AvgIpc) is 3.52. The van der Waals surface area contributed by atoms with E-state index in [1.807, 2.05) is 32.4 Å². The van der Waals surface area contributed by atoms with Gasteiger partial charge in [-0.05, 0) is 68.1 Å². The number of rotatable bonds is 10. The molecule has 1 aliphatic carbocycles. The van der Waals surface area contributed by atoms with Gasteiger partial charge in [0.2, 0.25) is 5.91 Å². The van der Waals surface area contributed by atoms with Gasteiger partial charge >= 0.3 is 0 Å². The van der Waals surface area contributed by atoms with Gasteiger partial charge in [0, 0.05) is 31.4 Å². The van der Waals surface area contributed by atoms with Crippen molar-refractivity contribution in [2.75, 3.05) is 20.6 Å². The van der Waals surface area contributed by atoms with Crippen molar-refractivity contribution in [3.05, 3.63) is 58.9 Å². The molecule has 3 rings (SSSR count). The third-order valence-electron chi connectivity index (χ3n) is 5.65. The van der Waals surface area contributed by atoms with Crippen LogP contribution in [-0.4, -0.2) is 47.6 Å². The van der Waals surface area contributed by atoms with Gasteiger partial charge in [-0.1, -0.05) is 36.6 Å². The Hall–Kier alpha value is -2.11. The Morgan fingerprint density at radius 3 is 2.76 bits per heavy atom. The van der Waals surface area contributed by atoms with Crippen molar-refractivity contribution in [3.63, 3.8) is 0 Å². The number of nitrogens with zero attached hydrogens (tertiary/aromatic N) is 2. The van der Waals surface area contributed by atoms with E-state index in [1.165, 1.54) is 12.8 Å². The van der Waals surface area contributed by atoms with Crippen LogP contribution in [0.5, 0.6) is 5.75 Å². The minimum atomic E-state index is 0.0788. The molecular weight excluding hydrogens is 386 g/mol. The minimum absolute atomic E-state index is 0.0788. The second kappa shape index (κ2) is 10.1. The van der Waals surface area contributed by atoms with Gasteiger partial charge in [0.1, 0.15) is 5.75 Å². The Kier molecular flexibility index (Phi) is 7.51. The lowest BCUT2D eigenvalue weighted by molar-refractivity contribution is -0.121. The zero-order valence-electron chi connectivity index (χ0n) is 17.1. The number of pyridine rings is 1. The average molecular weight is 416 g/mol. The monoisotopic (exact) mass is 415 g/mol. The summed E-state index contributed by atoms with van der Waals surface area (Å²) in [6, 6.07) is 9.42. The summed E-state index contributed by atoms with van der Waals surface area (Å²) in [6.07, 6.45) is 8.50. The molecule has 0 aliphatic heterocycles. The molecular formula is C23H30ClN3O2. The van der Waals surface area contributed by atoms with Crippen molar-refractivity contribution in [1.29, 1.82) is 0 Å². The molecule has 156 valence electrons. The molecule has 0 unspecified atom stereocenters. The first-order valence-electron chi connectivity index (χ1n) is 10.2. The third kappa shape index (κ3) is 6.72. The van der Waals surface area contributed by atoms with E-state index in [0.29, 0.717) is 18.0 Å². The highest BCUT2D eigenvalue weighted by molar-refractivity contribution is 6.32. The van der Waals surface area contributed by atoms with Crippen LogP contribution in [0.25, 0.3) is 0 Å². The van der Waals surface area contributed by atoms with E-state index >= 15 is 0 Å². The number of carbonyl (C=O) groups is 1. The van der Waals surface area contributed by atoms with Gasteiger partial charge in [0.05, 0.1) is 5.02 Å². The first kappa shape index (κ1) is 21.6. The largest absolute Gasteiger partial charge is 0.506 e. The number of amides is 1. The van der Waals surface area contributed by atoms with Crippen molar-refractivity contribution in [1.82, 2.24) is 15.2 Å². The lowest BCUT2D eigenvalue weighted by Crippen LogP contribution is -2.41. The second-order valence-electron chi connectivity index (χ2n) is 8.28.